The average Bonchev–Trinajstić information content (AvgIpc) is 2.61. The maximum atomic E-state index is 10.00. The molecule has 2 aromatic rings. The Morgan fingerprint density at radius 2 is 1.68 bits per heavy atom. The maximum absolute atomic E-state index is 10.00. The molecule has 19 heavy (non-hydrogen) atoms. The van der Waals surface area contributed by atoms with Gasteiger partial charge in [-0.2, -0.15) is 5.26 Å². The van der Waals surface area contributed by atoms with Gasteiger partial charge in [0.15, 0.2) is 5.88 Å². The van der Waals surface area contributed by atoms with E-state index in [-0.39, 0.29) is 38.9 Å². The van der Waals surface area contributed by atoms with Gasteiger partial charge in [0, 0.05) is 11.6 Å². The van der Waals surface area contributed by atoms with Crippen molar-refractivity contribution >= 4 is 34.8 Å². The van der Waals surface area contributed by atoms with Crippen LogP contribution in [0.15, 0.2) is 18.2 Å². The summed E-state index contributed by atoms with van der Waals surface area (Å²) in [5, 5.41) is 29.2. The van der Waals surface area contributed by atoms with Crippen molar-refractivity contribution in [2.45, 2.75) is 6.42 Å². The topological polar surface area (TPSA) is 69.2 Å². The zero-order chi connectivity index (χ0) is 14.2. The summed E-state index contributed by atoms with van der Waals surface area (Å²) in [5.41, 5.74) is 0.567. The first-order valence-corrected chi connectivity index (χ1v) is 6.23. The fraction of sp³-hybridized carbons (Fsp3) is 0.0833. The normalized spacial score (nSPS) is 10.4. The molecule has 0 spiro atoms. The van der Waals surface area contributed by atoms with Gasteiger partial charge < -0.3 is 10.2 Å². The minimum Gasteiger partial charge on any atom is -0.494 e. The number of aromatic hydroxyl groups is 2. The van der Waals surface area contributed by atoms with E-state index in [1.54, 1.807) is 0 Å². The zero-order valence-electron chi connectivity index (χ0n) is 9.36. The first kappa shape index (κ1) is 13.9. The molecule has 1 aromatic heterocycles. The van der Waals surface area contributed by atoms with Crippen molar-refractivity contribution in [3.63, 3.8) is 0 Å². The molecule has 0 fully saturated rings. The molecule has 0 bridgehead atoms. The predicted molar refractivity (Wildman–Crippen MR) is 73.4 cm³/mol. The Kier molecular flexibility index (Phi) is 3.81. The lowest BCUT2D eigenvalue weighted by atomic mass is 10.2. The van der Waals surface area contributed by atoms with Crippen molar-refractivity contribution in [2.24, 2.45) is 0 Å². The van der Waals surface area contributed by atoms with Crippen LogP contribution in [0, 0.1) is 11.3 Å². The lowest BCUT2D eigenvalue weighted by molar-refractivity contribution is 0.401. The second-order valence-electron chi connectivity index (χ2n) is 3.74. The molecule has 0 saturated heterocycles. The molecule has 4 nitrogen and oxygen atoms in total. The molecular weight excluding hydrogens is 311 g/mol. The third kappa shape index (κ3) is 2.45. The van der Waals surface area contributed by atoms with Crippen molar-refractivity contribution in [1.82, 2.24) is 4.57 Å². The number of nitrogens with zero attached hydrogens (tertiary/aromatic N) is 2. The van der Waals surface area contributed by atoms with Gasteiger partial charge in [0.2, 0.25) is 5.88 Å². The van der Waals surface area contributed by atoms with Gasteiger partial charge in [-0.25, -0.2) is 4.57 Å². The van der Waals surface area contributed by atoms with E-state index in [0.717, 1.165) is 4.57 Å². The van der Waals surface area contributed by atoms with Gasteiger partial charge >= 0.3 is 0 Å². The van der Waals surface area contributed by atoms with Crippen LogP contribution in [0.25, 0.3) is 5.69 Å². The van der Waals surface area contributed by atoms with E-state index < -0.39 is 0 Å². The van der Waals surface area contributed by atoms with Crippen LogP contribution in [0.1, 0.15) is 5.56 Å². The zero-order valence-corrected chi connectivity index (χ0v) is 11.6. The standard InChI is InChI=1S/C12H7Cl3N2O2/c13-7-4-9(15)10(5-8(7)14)17-11(18)3-6(1-2-16)12(17)19/h3-5,18-19H,1H2. The van der Waals surface area contributed by atoms with E-state index in [1.807, 2.05) is 6.07 Å². The average molecular weight is 318 g/mol. The van der Waals surface area contributed by atoms with E-state index in [1.165, 1.54) is 18.2 Å². The van der Waals surface area contributed by atoms with Crippen molar-refractivity contribution in [2.75, 3.05) is 0 Å². The first-order chi connectivity index (χ1) is 8.95. The summed E-state index contributed by atoms with van der Waals surface area (Å²) in [4.78, 5) is 0. The number of hydrogen-bond acceptors (Lipinski definition) is 3. The summed E-state index contributed by atoms with van der Waals surface area (Å²) < 4.78 is 1.09. The maximum Gasteiger partial charge on any atom is 0.203 e. The molecule has 0 unspecified atom stereocenters. The number of aromatic nitrogens is 1. The van der Waals surface area contributed by atoms with Crippen molar-refractivity contribution < 1.29 is 10.2 Å². The minimum atomic E-state index is -0.265. The minimum absolute atomic E-state index is 0.0364. The molecule has 0 radical (unpaired) electrons. The van der Waals surface area contributed by atoms with Gasteiger partial charge in [-0.05, 0) is 12.1 Å². The van der Waals surface area contributed by atoms with Gasteiger partial charge in [0.05, 0.1) is 33.2 Å². The van der Waals surface area contributed by atoms with Gasteiger partial charge in [0.1, 0.15) is 0 Å². The van der Waals surface area contributed by atoms with E-state index >= 15 is 0 Å². The van der Waals surface area contributed by atoms with Crippen LogP contribution in [0.2, 0.25) is 15.1 Å². The molecule has 0 amide bonds. The van der Waals surface area contributed by atoms with Crippen LogP contribution in [-0.4, -0.2) is 14.8 Å². The highest BCUT2D eigenvalue weighted by molar-refractivity contribution is 6.43. The van der Waals surface area contributed by atoms with Crippen LogP contribution in [0.4, 0.5) is 0 Å². The third-order valence-electron chi connectivity index (χ3n) is 2.53. The molecule has 2 rings (SSSR count). The van der Waals surface area contributed by atoms with E-state index in [9.17, 15) is 10.2 Å². The molecule has 7 heteroatoms. The Morgan fingerprint density at radius 3 is 2.32 bits per heavy atom. The summed E-state index contributed by atoms with van der Waals surface area (Å²) in [6, 6.07) is 6.00. The van der Waals surface area contributed by atoms with Crippen molar-refractivity contribution in [3.05, 3.63) is 38.8 Å². The molecule has 0 aliphatic carbocycles. The molecule has 0 saturated carbocycles. The van der Waals surface area contributed by atoms with Crippen LogP contribution < -0.4 is 0 Å². The largest absolute Gasteiger partial charge is 0.494 e. The summed E-state index contributed by atoms with van der Waals surface area (Å²) in [6.07, 6.45) is -0.0364. The quantitative estimate of drug-likeness (QED) is 0.825. The Bertz CT molecular complexity index is 689. The Hall–Kier alpha value is -1.54. The number of hydrogen-bond donors (Lipinski definition) is 2. The highest BCUT2D eigenvalue weighted by Gasteiger charge is 2.18. The summed E-state index contributed by atoms with van der Waals surface area (Å²) >= 11 is 17.7. The van der Waals surface area contributed by atoms with Gasteiger partial charge in [-0.15, -0.1) is 0 Å². The second-order valence-corrected chi connectivity index (χ2v) is 4.96. The summed E-state index contributed by atoms with van der Waals surface area (Å²) in [5.74, 6) is -0.512. The Balaban J connectivity index is 2.66. The van der Waals surface area contributed by atoms with Crippen LogP contribution >= 0.6 is 34.8 Å². The van der Waals surface area contributed by atoms with E-state index in [0.29, 0.717) is 5.56 Å². The number of nitriles is 1. The number of benzene rings is 1. The monoisotopic (exact) mass is 316 g/mol. The third-order valence-corrected chi connectivity index (χ3v) is 3.56. The Morgan fingerprint density at radius 1 is 1.05 bits per heavy atom. The summed E-state index contributed by atoms with van der Waals surface area (Å²) in [6.45, 7) is 0. The lowest BCUT2D eigenvalue weighted by Crippen LogP contribution is -1.95. The van der Waals surface area contributed by atoms with Crippen LogP contribution in [0.3, 0.4) is 0 Å². The van der Waals surface area contributed by atoms with Gasteiger partial charge in [-0.3, -0.25) is 0 Å². The van der Waals surface area contributed by atoms with Gasteiger partial charge in [-0.1, -0.05) is 34.8 Å². The summed E-state index contributed by atoms with van der Waals surface area (Å²) in [7, 11) is 0. The molecule has 0 atom stereocenters. The van der Waals surface area contributed by atoms with Crippen LogP contribution in [0.5, 0.6) is 11.8 Å². The van der Waals surface area contributed by atoms with E-state index in [2.05, 4.69) is 0 Å². The fourth-order valence-corrected chi connectivity index (χ4v) is 2.30. The van der Waals surface area contributed by atoms with Crippen molar-refractivity contribution in [1.29, 1.82) is 5.26 Å². The van der Waals surface area contributed by atoms with Gasteiger partial charge in [0.25, 0.3) is 0 Å². The fourth-order valence-electron chi connectivity index (χ4n) is 1.67. The van der Waals surface area contributed by atoms with Crippen LogP contribution in [-0.2, 0) is 6.42 Å². The Labute approximate surface area is 124 Å². The molecule has 98 valence electrons. The second kappa shape index (κ2) is 5.22. The van der Waals surface area contributed by atoms with E-state index in [4.69, 9.17) is 40.1 Å². The molecular formula is C12H7Cl3N2O2. The number of rotatable bonds is 2. The highest BCUT2D eigenvalue weighted by Crippen LogP contribution is 2.38. The molecule has 1 aromatic carbocycles. The lowest BCUT2D eigenvalue weighted by Gasteiger charge is -2.10. The number of halogens is 3. The first-order valence-electron chi connectivity index (χ1n) is 5.10. The highest BCUT2D eigenvalue weighted by atomic mass is 35.5. The smallest absolute Gasteiger partial charge is 0.203 e. The SMILES string of the molecule is N#CCc1cc(O)n(-c2cc(Cl)c(Cl)cc2Cl)c1O. The van der Waals surface area contributed by atoms with Crippen molar-refractivity contribution in [3.8, 4) is 23.5 Å². The molecule has 0 aliphatic heterocycles. The molecule has 1 heterocycles. The predicted octanol–water partition coefficient (Wildman–Crippen LogP) is 3.91. The molecule has 2 N–H and O–H groups in total. The molecule has 0 aliphatic rings.